The van der Waals surface area contributed by atoms with Crippen molar-refractivity contribution in [2.75, 3.05) is 11.9 Å². The number of aliphatic hydroxyl groups is 1. The number of halogens is 1. The zero-order valence-corrected chi connectivity index (χ0v) is 10.2. The molecule has 0 fully saturated rings. The second-order valence-electron chi connectivity index (χ2n) is 3.77. The molecule has 0 aliphatic heterocycles. The molecule has 0 amide bonds. The molecule has 1 unspecified atom stereocenters. The standard InChI is InChI=1S/C12H13FN2OS/c1-8(16)6-14-12-15-11(7-17-12)9-2-4-10(13)5-3-9/h2-5,7-8,16H,6H2,1H3,(H,14,15). The number of aromatic nitrogens is 1. The molecule has 2 aromatic rings. The Labute approximate surface area is 103 Å². The van der Waals surface area contributed by atoms with E-state index in [0.29, 0.717) is 6.54 Å². The second kappa shape index (κ2) is 5.25. The quantitative estimate of drug-likeness (QED) is 0.879. The van der Waals surface area contributed by atoms with Gasteiger partial charge in [0.25, 0.3) is 0 Å². The summed E-state index contributed by atoms with van der Waals surface area (Å²) in [5.74, 6) is -0.253. The van der Waals surface area contributed by atoms with Gasteiger partial charge in [-0.3, -0.25) is 0 Å². The van der Waals surface area contributed by atoms with E-state index < -0.39 is 6.10 Å². The third kappa shape index (κ3) is 3.25. The first-order valence-electron chi connectivity index (χ1n) is 5.28. The number of rotatable bonds is 4. The average molecular weight is 252 g/mol. The SMILES string of the molecule is CC(O)CNc1nc(-c2ccc(F)cc2)cs1. The van der Waals surface area contributed by atoms with Crippen LogP contribution in [0, 0.1) is 5.82 Å². The van der Waals surface area contributed by atoms with Crippen LogP contribution in [0.2, 0.25) is 0 Å². The van der Waals surface area contributed by atoms with Crippen LogP contribution in [0.4, 0.5) is 9.52 Å². The zero-order chi connectivity index (χ0) is 12.3. The monoisotopic (exact) mass is 252 g/mol. The van der Waals surface area contributed by atoms with Gasteiger partial charge in [0.05, 0.1) is 11.8 Å². The highest BCUT2D eigenvalue weighted by molar-refractivity contribution is 7.14. The molecule has 1 aromatic heterocycles. The fourth-order valence-electron chi connectivity index (χ4n) is 1.34. The van der Waals surface area contributed by atoms with Gasteiger partial charge < -0.3 is 10.4 Å². The number of thiazole rings is 1. The lowest BCUT2D eigenvalue weighted by molar-refractivity contribution is 0.208. The van der Waals surface area contributed by atoms with Gasteiger partial charge in [-0.15, -0.1) is 11.3 Å². The van der Waals surface area contributed by atoms with Crippen LogP contribution in [0.5, 0.6) is 0 Å². The van der Waals surface area contributed by atoms with E-state index >= 15 is 0 Å². The van der Waals surface area contributed by atoms with Gasteiger partial charge in [-0.25, -0.2) is 9.37 Å². The number of anilines is 1. The van der Waals surface area contributed by atoms with E-state index in [-0.39, 0.29) is 5.82 Å². The summed E-state index contributed by atoms with van der Waals surface area (Å²) < 4.78 is 12.8. The third-order valence-electron chi connectivity index (χ3n) is 2.19. The maximum atomic E-state index is 12.8. The van der Waals surface area contributed by atoms with Crippen LogP contribution < -0.4 is 5.32 Å². The molecule has 0 radical (unpaired) electrons. The summed E-state index contributed by atoms with van der Waals surface area (Å²) in [6, 6.07) is 6.22. The smallest absolute Gasteiger partial charge is 0.183 e. The van der Waals surface area contributed by atoms with Gasteiger partial charge >= 0.3 is 0 Å². The van der Waals surface area contributed by atoms with Gasteiger partial charge in [0.2, 0.25) is 0 Å². The topological polar surface area (TPSA) is 45.1 Å². The minimum absolute atomic E-state index is 0.253. The number of benzene rings is 1. The lowest BCUT2D eigenvalue weighted by Crippen LogP contribution is -2.14. The summed E-state index contributed by atoms with van der Waals surface area (Å²) in [5.41, 5.74) is 1.69. The molecule has 0 saturated heterocycles. The van der Waals surface area contributed by atoms with E-state index in [0.717, 1.165) is 16.4 Å². The van der Waals surface area contributed by atoms with Crippen LogP contribution in [0.1, 0.15) is 6.92 Å². The fourth-order valence-corrected chi connectivity index (χ4v) is 2.07. The van der Waals surface area contributed by atoms with Crippen molar-refractivity contribution in [2.24, 2.45) is 0 Å². The lowest BCUT2D eigenvalue weighted by Gasteiger charge is -2.03. The largest absolute Gasteiger partial charge is 0.392 e. The van der Waals surface area contributed by atoms with Crippen molar-refractivity contribution in [2.45, 2.75) is 13.0 Å². The van der Waals surface area contributed by atoms with Crippen LogP contribution in [0.3, 0.4) is 0 Å². The van der Waals surface area contributed by atoms with Crippen molar-refractivity contribution < 1.29 is 9.50 Å². The van der Waals surface area contributed by atoms with Gasteiger partial charge in [0.15, 0.2) is 5.13 Å². The molecule has 0 bridgehead atoms. The average Bonchev–Trinajstić information content (AvgIpc) is 2.76. The molecule has 1 heterocycles. The molecular formula is C12H13FN2OS. The summed E-state index contributed by atoms with van der Waals surface area (Å²) in [4.78, 5) is 4.36. The molecule has 5 heteroatoms. The Morgan fingerprint density at radius 3 is 2.76 bits per heavy atom. The summed E-state index contributed by atoms with van der Waals surface area (Å²) in [6.45, 7) is 2.18. The Balaban J connectivity index is 2.10. The highest BCUT2D eigenvalue weighted by atomic mass is 32.1. The van der Waals surface area contributed by atoms with E-state index in [9.17, 15) is 4.39 Å². The Bertz CT molecular complexity index is 482. The first-order valence-corrected chi connectivity index (χ1v) is 6.16. The van der Waals surface area contributed by atoms with Crippen LogP contribution >= 0.6 is 11.3 Å². The van der Waals surface area contributed by atoms with Crippen LogP contribution in [0.15, 0.2) is 29.6 Å². The Morgan fingerprint density at radius 1 is 1.41 bits per heavy atom. The molecule has 17 heavy (non-hydrogen) atoms. The van der Waals surface area contributed by atoms with Gasteiger partial charge in [-0.2, -0.15) is 0 Å². The first kappa shape index (κ1) is 12.0. The van der Waals surface area contributed by atoms with Gasteiger partial charge in [0, 0.05) is 17.5 Å². The lowest BCUT2D eigenvalue weighted by atomic mass is 10.2. The summed E-state index contributed by atoms with van der Waals surface area (Å²) in [5, 5.41) is 14.8. The van der Waals surface area contributed by atoms with Crippen molar-refractivity contribution in [1.82, 2.24) is 4.98 Å². The molecule has 2 N–H and O–H groups in total. The Morgan fingerprint density at radius 2 is 2.12 bits per heavy atom. The van der Waals surface area contributed by atoms with Crippen molar-refractivity contribution in [3.05, 3.63) is 35.5 Å². The molecule has 2 rings (SSSR count). The summed E-state index contributed by atoms with van der Waals surface area (Å²) >= 11 is 1.46. The van der Waals surface area contributed by atoms with E-state index in [1.54, 1.807) is 19.1 Å². The predicted molar refractivity (Wildman–Crippen MR) is 67.7 cm³/mol. The number of nitrogens with one attached hydrogen (secondary N) is 1. The summed E-state index contributed by atoms with van der Waals surface area (Å²) in [6.07, 6.45) is -0.409. The molecule has 0 aliphatic rings. The van der Waals surface area contributed by atoms with Gasteiger partial charge in [-0.1, -0.05) is 0 Å². The van der Waals surface area contributed by atoms with E-state index in [4.69, 9.17) is 5.11 Å². The van der Waals surface area contributed by atoms with E-state index in [1.807, 2.05) is 5.38 Å². The highest BCUT2D eigenvalue weighted by Crippen LogP contribution is 2.24. The van der Waals surface area contributed by atoms with Crippen LogP contribution in [-0.2, 0) is 0 Å². The normalized spacial score (nSPS) is 12.4. The second-order valence-corrected chi connectivity index (χ2v) is 4.63. The number of hydrogen-bond acceptors (Lipinski definition) is 4. The Kier molecular flexibility index (Phi) is 3.71. The van der Waals surface area contributed by atoms with Crippen molar-refractivity contribution in [3.8, 4) is 11.3 Å². The summed E-state index contributed by atoms with van der Waals surface area (Å²) in [7, 11) is 0. The molecule has 1 aromatic carbocycles. The molecule has 1 atom stereocenters. The maximum Gasteiger partial charge on any atom is 0.183 e. The highest BCUT2D eigenvalue weighted by Gasteiger charge is 2.05. The zero-order valence-electron chi connectivity index (χ0n) is 9.35. The van der Waals surface area contributed by atoms with Crippen molar-refractivity contribution in [3.63, 3.8) is 0 Å². The third-order valence-corrected chi connectivity index (χ3v) is 2.99. The molecule has 90 valence electrons. The molecular weight excluding hydrogens is 239 g/mol. The molecule has 0 spiro atoms. The Hall–Kier alpha value is -1.46. The fraction of sp³-hybridized carbons (Fsp3) is 0.250. The van der Waals surface area contributed by atoms with Gasteiger partial charge in [0.1, 0.15) is 5.82 Å². The maximum absolute atomic E-state index is 12.8. The predicted octanol–water partition coefficient (Wildman–Crippen LogP) is 2.74. The first-order chi connectivity index (χ1) is 8.15. The minimum Gasteiger partial charge on any atom is -0.392 e. The number of hydrogen-bond donors (Lipinski definition) is 2. The number of aliphatic hydroxyl groups excluding tert-OH is 1. The minimum atomic E-state index is -0.409. The van der Waals surface area contributed by atoms with Gasteiger partial charge in [-0.05, 0) is 31.2 Å². The van der Waals surface area contributed by atoms with E-state index in [2.05, 4.69) is 10.3 Å². The van der Waals surface area contributed by atoms with E-state index in [1.165, 1.54) is 23.5 Å². The number of nitrogens with zero attached hydrogens (tertiary/aromatic N) is 1. The van der Waals surface area contributed by atoms with Crippen molar-refractivity contribution in [1.29, 1.82) is 0 Å². The van der Waals surface area contributed by atoms with Crippen molar-refractivity contribution >= 4 is 16.5 Å². The van der Waals surface area contributed by atoms with Crippen LogP contribution in [-0.4, -0.2) is 22.7 Å². The van der Waals surface area contributed by atoms with Crippen LogP contribution in [0.25, 0.3) is 11.3 Å². The molecule has 0 aliphatic carbocycles. The molecule has 0 saturated carbocycles. The molecule has 3 nitrogen and oxygen atoms in total.